The van der Waals surface area contributed by atoms with Gasteiger partial charge >= 0.3 is 5.97 Å². The SMILES string of the molecule is O=C(CN(C(=O)c1ccccc1Cl)N1C(=O)c2ccccc2C1=O)c1ccc(OC(=O)c2ccc([N+](=O)[O-])cc2)cc1. The van der Waals surface area contributed by atoms with Crippen LogP contribution >= 0.6 is 11.6 Å². The zero-order valence-electron chi connectivity index (χ0n) is 21.4. The highest BCUT2D eigenvalue weighted by atomic mass is 35.5. The zero-order chi connectivity index (χ0) is 30.0. The molecule has 0 radical (unpaired) electrons. The molecule has 5 rings (SSSR count). The van der Waals surface area contributed by atoms with Crippen molar-refractivity contribution in [3.05, 3.63) is 140 Å². The highest BCUT2D eigenvalue weighted by Gasteiger charge is 2.42. The summed E-state index contributed by atoms with van der Waals surface area (Å²) >= 11 is 6.22. The molecule has 0 unspecified atom stereocenters. The van der Waals surface area contributed by atoms with Gasteiger partial charge in [-0.3, -0.25) is 29.3 Å². The summed E-state index contributed by atoms with van der Waals surface area (Å²) < 4.78 is 5.27. The summed E-state index contributed by atoms with van der Waals surface area (Å²) in [6.45, 7) is -0.683. The minimum atomic E-state index is -0.836. The number of halogens is 1. The fraction of sp³-hybridized carbons (Fsp3) is 0.0333. The number of hydrogen-bond acceptors (Lipinski definition) is 8. The Morgan fingerprint density at radius 1 is 0.786 bits per heavy atom. The molecule has 12 heteroatoms. The number of benzene rings is 4. The van der Waals surface area contributed by atoms with Crippen molar-refractivity contribution in [2.24, 2.45) is 0 Å². The molecular formula is C30H18ClN3O8. The minimum absolute atomic E-state index is 0.0166. The molecule has 0 saturated carbocycles. The number of ether oxygens (including phenoxy) is 1. The third-order valence-electron chi connectivity index (χ3n) is 6.35. The molecule has 3 amide bonds. The molecule has 4 aromatic rings. The number of carbonyl (C=O) groups excluding carboxylic acids is 5. The third kappa shape index (κ3) is 5.36. The first-order chi connectivity index (χ1) is 20.2. The van der Waals surface area contributed by atoms with Crippen LogP contribution in [-0.2, 0) is 0 Å². The molecule has 0 bridgehead atoms. The van der Waals surface area contributed by atoms with E-state index in [1.807, 2.05) is 0 Å². The summed E-state index contributed by atoms with van der Waals surface area (Å²) in [4.78, 5) is 75.9. The standard InChI is InChI=1S/C30H18ClN3O8/c31-25-8-4-3-7-24(25)27(36)32(33-28(37)22-5-1-2-6-23(22)29(33)38)17-26(35)18-11-15-21(16-12-18)42-30(39)19-9-13-20(14-10-19)34(40)41/h1-16H,17H2. The Morgan fingerprint density at radius 3 is 1.90 bits per heavy atom. The summed E-state index contributed by atoms with van der Waals surface area (Å²) in [5, 5.41) is 12.3. The second-order valence-electron chi connectivity index (χ2n) is 8.95. The number of carbonyl (C=O) groups is 5. The van der Waals surface area contributed by atoms with Gasteiger partial charge in [0.1, 0.15) is 12.3 Å². The molecule has 4 aromatic carbocycles. The number of ketones is 1. The number of nitro benzene ring substituents is 1. The highest BCUT2D eigenvalue weighted by Crippen LogP contribution is 2.27. The van der Waals surface area contributed by atoms with Crippen LogP contribution < -0.4 is 4.74 Å². The smallest absolute Gasteiger partial charge is 0.343 e. The highest BCUT2D eigenvalue weighted by molar-refractivity contribution is 6.34. The van der Waals surface area contributed by atoms with Crippen LogP contribution in [0.25, 0.3) is 0 Å². The normalized spacial score (nSPS) is 12.1. The molecule has 0 spiro atoms. The average molecular weight is 584 g/mol. The third-order valence-corrected chi connectivity index (χ3v) is 6.68. The molecule has 0 atom stereocenters. The molecule has 42 heavy (non-hydrogen) atoms. The van der Waals surface area contributed by atoms with E-state index in [1.54, 1.807) is 24.3 Å². The van der Waals surface area contributed by atoms with Crippen molar-refractivity contribution in [3.8, 4) is 5.75 Å². The maximum Gasteiger partial charge on any atom is 0.343 e. The van der Waals surface area contributed by atoms with Crippen LogP contribution in [0.15, 0.2) is 97.1 Å². The fourth-order valence-corrected chi connectivity index (χ4v) is 4.44. The van der Waals surface area contributed by atoms with Gasteiger partial charge in [0.15, 0.2) is 5.78 Å². The number of nitro groups is 1. The van der Waals surface area contributed by atoms with Gasteiger partial charge in [0.05, 0.1) is 32.2 Å². The Labute approximate surface area is 242 Å². The van der Waals surface area contributed by atoms with Crippen molar-refractivity contribution in [3.63, 3.8) is 0 Å². The maximum absolute atomic E-state index is 13.6. The summed E-state index contributed by atoms with van der Waals surface area (Å²) in [6.07, 6.45) is 0. The van der Waals surface area contributed by atoms with E-state index < -0.39 is 40.9 Å². The molecule has 0 N–H and O–H groups in total. The van der Waals surface area contributed by atoms with Crippen molar-refractivity contribution in [2.45, 2.75) is 0 Å². The van der Waals surface area contributed by atoms with Gasteiger partial charge < -0.3 is 4.74 Å². The number of fused-ring (bicyclic) bond motifs is 1. The van der Waals surface area contributed by atoms with Gasteiger partial charge in [-0.2, -0.15) is 5.01 Å². The van der Waals surface area contributed by atoms with Crippen LogP contribution in [-0.4, -0.2) is 51.0 Å². The van der Waals surface area contributed by atoms with Crippen LogP contribution in [0.3, 0.4) is 0 Å². The number of rotatable bonds is 8. The molecule has 0 aromatic heterocycles. The average Bonchev–Trinajstić information content (AvgIpc) is 3.25. The quantitative estimate of drug-likeness (QED) is 0.0703. The van der Waals surface area contributed by atoms with Crippen molar-refractivity contribution in [2.75, 3.05) is 6.54 Å². The first-order valence-electron chi connectivity index (χ1n) is 12.3. The Hall–Kier alpha value is -5.68. The van der Waals surface area contributed by atoms with Crippen LogP contribution in [0.5, 0.6) is 5.75 Å². The van der Waals surface area contributed by atoms with Crippen molar-refractivity contribution in [1.29, 1.82) is 0 Å². The molecule has 11 nitrogen and oxygen atoms in total. The van der Waals surface area contributed by atoms with E-state index in [9.17, 15) is 34.1 Å². The van der Waals surface area contributed by atoms with Gasteiger partial charge in [-0.1, -0.05) is 35.9 Å². The maximum atomic E-state index is 13.6. The van der Waals surface area contributed by atoms with Gasteiger partial charge in [-0.05, 0) is 60.7 Å². The van der Waals surface area contributed by atoms with E-state index in [2.05, 4.69) is 0 Å². The second kappa shape index (κ2) is 11.4. The number of esters is 1. The fourth-order valence-electron chi connectivity index (χ4n) is 4.22. The Balaban J connectivity index is 1.37. The molecule has 0 aliphatic carbocycles. The summed E-state index contributed by atoms with van der Waals surface area (Å²) in [5.74, 6) is -3.68. The van der Waals surface area contributed by atoms with E-state index in [0.29, 0.717) is 5.01 Å². The molecule has 208 valence electrons. The van der Waals surface area contributed by atoms with Crippen LogP contribution in [0.1, 0.15) is 51.8 Å². The monoisotopic (exact) mass is 583 g/mol. The predicted octanol–water partition coefficient (Wildman–Crippen LogP) is 5.00. The van der Waals surface area contributed by atoms with Crippen molar-refractivity contribution in [1.82, 2.24) is 10.0 Å². The van der Waals surface area contributed by atoms with Gasteiger partial charge in [0.25, 0.3) is 23.4 Å². The molecule has 0 fully saturated rings. The second-order valence-corrected chi connectivity index (χ2v) is 9.36. The molecule has 1 heterocycles. The minimum Gasteiger partial charge on any atom is -0.423 e. The number of hydrogen-bond donors (Lipinski definition) is 0. The molecule has 1 aliphatic heterocycles. The van der Waals surface area contributed by atoms with Crippen molar-refractivity contribution < 1.29 is 33.6 Å². The summed E-state index contributed by atoms with van der Waals surface area (Å²) in [7, 11) is 0. The Morgan fingerprint density at radius 2 is 1.33 bits per heavy atom. The van der Waals surface area contributed by atoms with Gasteiger partial charge in [-0.25, -0.2) is 9.80 Å². The number of Topliss-reactive ketones (excluding diaryl/α,β-unsaturated/α-hetero) is 1. The first-order valence-corrected chi connectivity index (χ1v) is 12.7. The molecular weight excluding hydrogens is 566 g/mol. The molecule has 0 saturated heterocycles. The lowest BCUT2D eigenvalue weighted by Crippen LogP contribution is -2.51. The van der Waals surface area contributed by atoms with Crippen LogP contribution in [0, 0.1) is 10.1 Å². The Bertz CT molecular complexity index is 1740. The lowest BCUT2D eigenvalue weighted by molar-refractivity contribution is -0.384. The van der Waals surface area contributed by atoms with Gasteiger partial charge in [0.2, 0.25) is 0 Å². The number of hydrazine groups is 1. The number of nitrogens with zero attached hydrogens (tertiary/aromatic N) is 3. The number of non-ortho nitro benzene ring substituents is 1. The van der Waals surface area contributed by atoms with E-state index in [-0.39, 0.29) is 44.3 Å². The topological polar surface area (TPSA) is 144 Å². The summed E-state index contributed by atoms with van der Waals surface area (Å²) in [5.41, 5.74) is 0.154. The zero-order valence-corrected chi connectivity index (χ0v) is 22.2. The van der Waals surface area contributed by atoms with E-state index in [1.165, 1.54) is 72.8 Å². The summed E-state index contributed by atoms with van der Waals surface area (Å²) in [6, 6.07) is 22.3. The van der Waals surface area contributed by atoms with Gasteiger partial charge in [0, 0.05) is 17.7 Å². The van der Waals surface area contributed by atoms with E-state index >= 15 is 0 Å². The number of amides is 3. The van der Waals surface area contributed by atoms with Gasteiger partial charge in [-0.15, -0.1) is 0 Å². The number of imide groups is 1. The van der Waals surface area contributed by atoms with Crippen LogP contribution in [0.4, 0.5) is 5.69 Å². The largest absolute Gasteiger partial charge is 0.423 e. The van der Waals surface area contributed by atoms with Crippen molar-refractivity contribution >= 4 is 46.8 Å². The van der Waals surface area contributed by atoms with E-state index in [0.717, 1.165) is 5.01 Å². The lowest BCUT2D eigenvalue weighted by Gasteiger charge is -2.29. The Kier molecular flexibility index (Phi) is 7.59. The predicted molar refractivity (Wildman–Crippen MR) is 148 cm³/mol. The van der Waals surface area contributed by atoms with Crippen LogP contribution in [0.2, 0.25) is 5.02 Å². The first kappa shape index (κ1) is 27.9. The van der Waals surface area contributed by atoms with E-state index in [4.69, 9.17) is 16.3 Å². The molecule has 1 aliphatic rings. The lowest BCUT2D eigenvalue weighted by atomic mass is 10.1.